The van der Waals surface area contributed by atoms with Crippen LogP contribution < -0.4 is 4.74 Å². The van der Waals surface area contributed by atoms with E-state index in [1.54, 1.807) is 41.2 Å². The average molecular weight is 369 g/mol. The Morgan fingerprint density at radius 2 is 1.63 bits per heavy atom. The van der Waals surface area contributed by atoms with Crippen molar-refractivity contribution in [2.24, 2.45) is 0 Å². The van der Waals surface area contributed by atoms with E-state index in [1.165, 1.54) is 18.3 Å². The zero-order valence-electron chi connectivity index (χ0n) is 14.8. The van der Waals surface area contributed by atoms with Gasteiger partial charge < -0.3 is 19.6 Å². The highest BCUT2D eigenvalue weighted by Gasteiger charge is 2.26. The van der Waals surface area contributed by atoms with E-state index in [9.17, 15) is 14.4 Å². The number of nitrogens with zero attached hydrogens (tertiary/aromatic N) is 3. The summed E-state index contributed by atoms with van der Waals surface area (Å²) in [6.07, 6.45) is 1.30. The van der Waals surface area contributed by atoms with Crippen LogP contribution in [0.5, 0.6) is 5.75 Å². The van der Waals surface area contributed by atoms with Gasteiger partial charge in [-0.25, -0.2) is 4.79 Å². The minimum Gasteiger partial charge on any atom is -0.497 e. The summed E-state index contributed by atoms with van der Waals surface area (Å²) < 4.78 is 5.14. The number of amides is 2. The Kier molecular flexibility index (Phi) is 5.35. The Hall–Kier alpha value is -3.42. The first-order chi connectivity index (χ1) is 13.0. The summed E-state index contributed by atoms with van der Waals surface area (Å²) in [5.74, 6) is -0.960. The molecule has 1 N–H and O–H groups in total. The lowest BCUT2D eigenvalue weighted by Crippen LogP contribution is -2.50. The van der Waals surface area contributed by atoms with Crippen molar-refractivity contribution in [1.29, 1.82) is 0 Å². The van der Waals surface area contributed by atoms with Crippen LogP contribution in [0.2, 0.25) is 0 Å². The predicted molar refractivity (Wildman–Crippen MR) is 96.0 cm³/mol. The molecule has 0 aliphatic carbocycles. The van der Waals surface area contributed by atoms with E-state index in [1.807, 2.05) is 0 Å². The highest BCUT2D eigenvalue weighted by atomic mass is 16.5. The number of piperazine rings is 1. The normalized spacial score (nSPS) is 14.0. The van der Waals surface area contributed by atoms with E-state index < -0.39 is 5.97 Å². The summed E-state index contributed by atoms with van der Waals surface area (Å²) in [4.78, 5) is 43.4. The van der Waals surface area contributed by atoms with Gasteiger partial charge in [0.25, 0.3) is 11.8 Å². The molecule has 27 heavy (non-hydrogen) atoms. The summed E-state index contributed by atoms with van der Waals surface area (Å²) in [7, 11) is 1.54. The molecule has 8 nitrogen and oxygen atoms in total. The molecule has 8 heteroatoms. The molecule has 2 aromatic rings. The third kappa shape index (κ3) is 4.05. The van der Waals surface area contributed by atoms with Gasteiger partial charge in [0.1, 0.15) is 11.4 Å². The smallest absolute Gasteiger partial charge is 0.335 e. The predicted octanol–water partition coefficient (Wildman–Crippen LogP) is 1.39. The molecule has 3 rings (SSSR count). The summed E-state index contributed by atoms with van der Waals surface area (Å²) in [5, 5.41) is 9.04. The first-order valence-corrected chi connectivity index (χ1v) is 8.41. The van der Waals surface area contributed by atoms with Gasteiger partial charge in [-0.05, 0) is 30.3 Å². The second-order valence-electron chi connectivity index (χ2n) is 6.05. The Bertz CT molecular complexity index is 875. The number of ether oxygens (including phenoxy) is 1. The molecule has 1 aromatic carbocycles. The lowest BCUT2D eigenvalue weighted by atomic mass is 10.1. The van der Waals surface area contributed by atoms with Crippen LogP contribution in [0.4, 0.5) is 0 Å². The summed E-state index contributed by atoms with van der Waals surface area (Å²) in [6.45, 7) is 1.49. The first kappa shape index (κ1) is 18.4. The number of carboxylic acid groups (broad SMARTS) is 1. The molecule has 1 fully saturated rings. The van der Waals surface area contributed by atoms with Gasteiger partial charge in [0.15, 0.2) is 0 Å². The van der Waals surface area contributed by atoms with E-state index in [0.29, 0.717) is 37.5 Å². The molecule has 1 aromatic heterocycles. The maximum absolute atomic E-state index is 12.6. The third-order valence-corrected chi connectivity index (χ3v) is 4.40. The van der Waals surface area contributed by atoms with Crippen molar-refractivity contribution in [3.63, 3.8) is 0 Å². The van der Waals surface area contributed by atoms with Gasteiger partial charge in [-0.1, -0.05) is 6.07 Å². The number of carboxylic acids is 1. The molecular formula is C19H19N3O5. The standard InChI is InChI=1S/C19H19N3O5/c1-27-15-4-2-3-13(11-15)17(23)21-7-9-22(10-8-21)18(24)16-12-14(19(25)26)5-6-20-16/h2-6,11-12H,7-10H2,1H3,(H,25,26). The van der Waals surface area contributed by atoms with Crippen LogP contribution in [-0.4, -0.2) is 71.0 Å². The third-order valence-electron chi connectivity index (χ3n) is 4.40. The number of aromatic carboxylic acids is 1. The number of carbonyl (C=O) groups excluding carboxylic acids is 2. The number of carbonyl (C=O) groups is 3. The number of hydrogen-bond acceptors (Lipinski definition) is 5. The number of aromatic nitrogens is 1. The zero-order valence-corrected chi connectivity index (χ0v) is 14.8. The van der Waals surface area contributed by atoms with E-state index in [2.05, 4.69) is 4.98 Å². The molecule has 1 saturated heterocycles. The Labute approximate surface area is 156 Å². The number of hydrogen-bond donors (Lipinski definition) is 1. The Morgan fingerprint density at radius 3 is 2.26 bits per heavy atom. The second-order valence-corrected chi connectivity index (χ2v) is 6.05. The van der Waals surface area contributed by atoms with Crippen LogP contribution in [-0.2, 0) is 0 Å². The quantitative estimate of drug-likeness (QED) is 0.874. The first-order valence-electron chi connectivity index (χ1n) is 8.41. The van der Waals surface area contributed by atoms with Crippen LogP contribution >= 0.6 is 0 Å². The Morgan fingerprint density at radius 1 is 0.963 bits per heavy atom. The van der Waals surface area contributed by atoms with Crippen LogP contribution in [0, 0.1) is 0 Å². The second kappa shape index (κ2) is 7.86. The fourth-order valence-electron chi connectivity index (χ4n) is 2.89. The molecule has 0 saturated carbocycles. The van der Waals surface area contributed by atoms with Crippen LogP contribution in [0.15, 0.2) is 42.6 Å². The minimum atomic E-state index is -1.11. The summed E-state index contributed by atoms with van der Waals surface area (Å²) in [6, 6.07) is 9.53. The Balaban J connectivity index is 1.64. The van der Waals surface area contributed by atoms with Gasteiger partial charge in [0.05, 0.1) is 12.7 Å². The van der Waals surface area contributed by atoms with E-state index in [0.717, 1.165) is 0 Å². The van der Waals surface area contributed by atoms with Crippen molar-refractivity contribution in [3.05, 3.63) is 59.4 Å². The van der Waals surface area contributed by atoms with Crippen molar-refractivity contribution in [3.8, 4) is 5.75 Å². The average Bonchev–Trinajstić information content (AvgIpc) is 2.73. The fraction of sp³-hybridized carbons (Fsp3) is 0.263. The van der Waals surface area contributed by atoms with Gasteiger partial charge in [0.2, 0.25) is 0 Å². The molecule has 0 unspecified atom stereocenters. The molecule has 2 heterocycles. The number of rotatable bonds is 4. The summed E-state index contributed by atoms with van der Waals surface area (Å²) >= 11 is 0. The fourth-order valence-corrected chi connectivity index (χ4v) is 2.89. The number of methoxy groups -OCH3 is 1. The van der Waals surface area contributed by atoms with Crippen molar-refractivity contribution < 1.29 is 24.2 Å². The highest BCUT2D eigenvalue weighted by Crippen LogP contribution is 2.16. The monoisotopic (exact) mass is 369 g/mol. The van der Waals surface area contributed by atoms with Gasteiger partial charge in [-0.3, -0.25) is 14.6 Å². The van der Waals surface area contributed by atoms with Crippen LogP contribution in [0.3, 0.4) is 0 Å². The van der Waals surface area contributed by atoms with E-state index >= 15 is 0 Å². The van der Waals surface area contributed by atoms with Gasteiger partial charge in [0, 0.05) is 37.9 Å². The maximum Gasteiger partial charge on any atom is 0.335 e. The van der Waals surface area contributed by atoms with E-state index in [-0.39, 0.29) is 23.1 Å². The molecule has 0 atom stereocenters. The van der Waals surface area contributed by atoms with Gasteiger partial charge >= 0.3 is 5.97 Å². The largest absolute Gasteiger partial charge is 0.497 e. The van der Waals surface area contributed by atoms with Crippen molar-refractivity contribution in [2.75, 3.05) is 33.3 Å². The molecular weight excluding hydrogens is 350 g/mol. The van der Waals surface area contributed by atoms with Crippen molar-refractivity contribution in [2.45, 2.75) is 0 Å². The van der Waals surface area contributed by atoms with Crippen LogP contribution in [0.25, 0.3) is 0 Å². The molecule has 140 valence electrons. The molecule has 1 aliphatic heterocycles. The van der Waals surface area contributed by atoms with Gasteiger partial charge in [-0.15, -0.1) is 0 Å². The molecule has 1 aliphatic rings. The number of benzene rings is 1. The molecule has 0 spiro atoms. The zero-order chi connectivity index (χ0) is 19.4. The molecule has 0 bridgehead atoms. The van der Waals surface area contributed by atoms with Crippen molar-refractivity contribution >= 4 is 17.8 Å². The lowest BCUT2D eigenvalue weighted by Gasteiger charge is -2.34. The molecule has 2 amide bonds. The lowest BCUT2D eigenvalue weighted by molar-refractivity contribution is 0.0532. The highest BCUT2D eigenvalue weighted by molar-refractivity contribution is 5.97. The SMILES string of the molecule is COc1cccc(C(=O)N2CCN(C(=O)c3cc(C(=O)O)ccn3)CC2)c1. The topological polar surface area (TPSA) is 100 Å². The van der Waals surface area contributed by atoms with E-state index in [4.69, 9.17) is 9.84 Å². The van der Waals surface area contributed by atoms with Gasteiger partial charge in [-0.2, -0.15) is 0 Å². The van der Waals surface area contributed by atoms with Crippen molar-refractivity contribution in [1.82, 2.24) is 14.8 Å². The summed E-state index contributed by atoms with van der Waals surface area (Å²) in [5.41, 5.74) is 0.632. The number of pyridine rings is 1. The van der Waals surface area contributed by atoms with Crippen LogP contribution in [0.1, 0.15) is 31.2 Å². The minimum absolute atomic E-state index is 0.0141. The maximum atomic E-state index is 12.6. The molecule has 0 radical (unpaired) electrons.